The minimum atomic E-state index is -1.09. The number of ketones is 1. The second-order valence-corrected chi connectivity index (χ2v) is 4.44. The van der Waals surface area contributed by atoms with Gasteiger partial charge in [-0.15, -0.1) is 0 Å². The molecule has 1 atom stereocenters. The van der Waals surface area contributed by atoms with Crippen molar-refractivity contribution in [3.8, 4) is 5.75 Å². The molecule has 108 valence electrons. The Morgan fingerprint density at radius 3 is 2.57 bits per heavy atom. The Morgan fingerprint density at radius 1 is 1.14 bits per heavy atom. The number of ether oxygens (including phenoxy) is 1. The zero-order chi connectivity index (χ0) is 15.4. The molecule has 0 bridgehead atoms. The van der Waals surface area contributed by atoms with Crippen molar-refractivity contribution in [3.05, 3.63) is 65.2 Å². The van der Waals surface area contributed by atoms with Crippen molar-refractivity contribution in [3.63, 3.8) is 0 Å². The fourth-order valence-electron chi connectivity index (χ4n) is 1.80. The quantitative estimate of drug-likeness (QED) is 0.626. The number of rotatable bonds is 5. The SMILES string of the molecule is CC(Oc1cccc(C=O)c1)C(=O)c1ccc(F)c(F)c1. The van der Waals surface area contributed by atoms with E-state index >= 15 is 0 Å². The molecule has 0 amide bonds. The van der Waals surface area contributed by atoms with E-state index in [-0.39, 0.29) is 5.56 Å². The van der Waals surface area contributed by atoms with Gasteiger partial charge in [0.05, 0.1) is 0 Å². The molecule has 0 radical (unpaired) electrons. The maximum absolute atomic E-state index is 13.1. The lowest BCUT2D eigenvalue weighted by Crippen LogP contribution is -2.24. The first-order valence-corrected chi connectivity index (χ1v) is 6.22. The summed E-state index contributed by atoms with van der Waals surface area (Å²) in [6.45, 7) is 1.50. The molecule has 0 spiro atoms. The summed E-state index contributed by atoms with van der Waals surface area (Å²) in [5, 5.41) is 0. The molecular weight excluding hydrogens is 278 g/mol. The third-order valence-electron chi connectivity index (χ3n) is 2.88. The highest BCUT2D eigenvalue weighted by Crippen LogP contribution is 2.17. The fraction of sp³-hybridized carbons (Fsp3) is 0.125. The summed E-state index contributed by atoms with van der Waals surface area (Å²) < 4.78 is 31.4. The summed E-state index contributed by atoms with van der Waals surface area (Å²) in [4.78, 5) is 22.8. The third kappa shape index (κ3) is 3.51. The first-order valence-electron chi connectivity index (χ1n) is 6.22. The lowest BCUT2D eigenvalue weighted by Gasteiger charge is -2.14. The van der Waals surface area contributed by atoms with Crippen LogP contribution in [0.4, 0.5) is 8.78 Å². The maximum Gasteiger partial charge on any atom is 0.203 e. The highest BCUT2D eigenvalue weighted by molar-refractivity contribution is 5.99. The van der Waals surface area contributed by atoms with E-state index in [2.05, 4.69) is 0 Å². The van der Waals surface area contributed by atoms with E-state index in [0.717, 1.165) is 12.1 Å². The molecule has 0 aliphatic carbocycles. The van der Waals surface area contributed by atoms with Gasteiger partial charge in [-0.1, -0.05) is 12.1 Å². The summed E-state index contributed by atoms with van der Waals surface area (Å²) in [5.41, 5.74) is 0.438. The van der Waals surface area contributed by atoms with Gasteiger partial charge in [-0.05, 0) is 37.3 Å². The van der Waals surface area contributed by atoms with Crippen molar-refractivity contribution in [1.82, 2.24) is 0 Å². The van der Waals surface area contributed by atoms with E-state index < -0.39 is 23.5 Å². The second kappa shape index (κ2) is 6.26. The summed E-state index contributed by atoms with van der Waals surface area (Å²) in [6.07, 6.45) is -0.230. The van der Waals surface area contributed by atoms with Crippen LogP contribution in [0.5, 0.6) is 5.75 Å². The van der Waals surface area contributed by atoms with Crippen LogP contribution in [0.1, 0.15) is 27.6 Å². The molecule has 0 aliphatic rings. The Balaban J connectivity index is 2.15. The molecule has 2 aromatic carbocycles. The normalized spacial score (nSPS) is 11.8. The summed E-state index contributed by atoms with van der Waals surface area (Å²) in [6, 6.07) is 9.23. The Labute approximate surface area is 120 Å². The van der Waals surface area contributed by atoms with Gasteiger partial charge in [-0.2, -0.15) is 0 Å². The van der Waals surface area contributed by atoms with Gasteiger partial charge in [0.2, 0.25) is 5.78 Å². The van der Waals surface area contributed by atoms with E-state index in [0.29, 0.717) is 17.6 Å². The molecule has 0 heterocycles. The summed E-state index contributed by atoms with van der Waals surface area (Å²) >= 11 is 0. The molecule has 0 saturated heterocycles. The average Bonchev–Trinajstić information content (AvgIpc) is 2.49. The molecule has 21 heavy (non-hydrogen) atoms. The topological polar surface area (TPSA) is 43.4 Å². The Hall–Kier alpha value is -2.56. The van der Waals surface area contributed by atoms with Gasteiger partial charge in [-0.3, -0.25) is 9.59 Å². The van der Waals surface area contributed by atoms with Crippen molar-refractivity contribution in [2.24, 2.45) is 0 Å². The highest BCUT2D eigenvalue weighted by atomic mass is 19.2. The largest absolute Gasteiger partial charge is 0.483 e. The highest BCUT2D eigenvalue weighted by Gasteiger charge is 2.18. The molecule has 0 aliphatic heterocycles. The summed E-state index contributed by atoms with van der Waals surface area (Å²) in [5.74, 6) is -2.23. The predicted octanol–water partition coefficient (Wildman–Crippen LogP) is 3.43. The van der Waals surface area contributed by atoms with Crippen LogP contribution in [0.2, 0.25) is 0 Å². The molecule has 0 aromatic heterocycles. The Morgan fingerprint density at radius 2 is 1.90 bits per heavy atom. The van der Waals surface area contributed by atoms with Crippen molar-refractivity contribution in [1.29, 1.82) is 0 Å². The summed E-state index contributed by atoms with van der Waals surface area (Å²) in [7, 11) is 0. The molecule has 0 fully saturated rings. The first-order chi connectivity index (χ1) is 10.0. The lowest BCUT2D eigenvalue weighted by atomic mass is 10.1. The zero-order valence-electron chi connectivity index (χ0n) is 11.2. The molecule has 5 heteroatoms. The third-order valence-corrected chi connectivity index (χ3v) is 2.88. The molecule has 0 saturated carbocycles. The van der Waals surface area contributed by atoms with Crippen LogP contribution in [0.15, 0.2) is 42.5 Å². The first kappa shape index (κ1) is 14.8. The molecule has 2 rings (SSSR count). The van der Waals surface area contributed by atoms with Gasteiger partial charge >= 0.3 is 0 Å². The van der Waals surface area contributed by atoms with Gasteiger partial charge in [0.25, 0.3) is 0 Å². The van der Waals surface area contributed by atoms with Crippen LogP contribution in [0.3, 0.4) is 0 Å². The molecule has 1 unspecified atom stereocenters. The van der Waals surface area contributed by atoms with Crippen LogP contribution in [0, 0.1) is 11.6 Å². The van der Waals surface area contributed by atoms with Crippen molar-refractivity contribution in [2.75, 3.05) is 0 Å². The maximum atomic E-state index is 13.1. The van der Waals surface area contributed by atoms with Crippen molar-refractivity contribution in [2.45, 2.75) is 13.0 Å². The van der Waals surface area contributed by atoms with Crippen LogP contribution >= 0.6 is 0 Å². The predicted molar refractivity (Wildman–Crippen MR) is 72.6 cm³/mol. The van der Waals surface area contributed by atoms with Gasteiger partial charge < -0.3 is 4.74 Å². The number of benzene rings is 2. The smallest absolute Gasteiger partial charge is 0.203 e. The van der Waals surface area contributed by atoms with Crippen molar-refractivity contribution >= 4 is 12.1 Å². The number of hydrogen-bond acceptors (Lipinski definition) is 3. The van der Waals surface area contributed by atoms with Crippen LogP contribution in [-0.2, 0) is 0 Å². The number of hydrogen-bond donors (Lipinski definition) is 0. The van der Waals surface area contributed by atoms with Gasteiger partial charge in [0.15, 0.2) is 17.7 Å². The number of halogens is 2. The fourth-order valence-corrected chi connectivity index (χ4v) is 1.80. The average molecular weight is 290 g/mol. The molecule has 0 N–H and O–H groups in total. The lowest BCUT2D eigenvalue weighted by molar-refractivity contribution is 0.0817. The van der Waals surface area contributed by atoms with Gasteiger partial charge in [-0.25, -0.2) is 8.78 Å². The van der Waals surface area contributed by atoms with Crippen molar-refractivity contribution < 1.29 is 23.1 Å². The van der Waals surface area contributed by atoms with E-state index in [1.807, 2.05) is 0 Å². The second-order valence-electron chi connectivity index (χ2n) is 4.44. The Kier molecular flexibility index (Phi) is 4.42. The monoisotopic (exact) mass is 290 g/mol. The number of aldehydes is 1. The number of carbonyl (C=O) groups excluding carboxylic acids is 2. The number of carbonyl (C=O) groups is 2. The van der Waals surface area contributed by atoms with E-state index in [1.165, 1.54) is 19.1 Å². The van der Waals surface area contributed by atoms with E-state index in [1.54, 1.807) is 18.2 Å². The van der Waals surface area contributed by atoms with Gasteiger partial charge in [0.1, 0.15) is 12.0 Å². The van der Waals surface area contributed by atoms with Crippen LogP contribution in [0.25, 0.3) is 0 Å². The Bertz CT molecular complexity index is 683. The van der Waals surface area contributed by atoms with Gasteiger partial charge in [0, 0.05) is 11.1 Å². The molecular formula is C16H12F2O3. The number of Topliss-reactive ketones (excluding diaryl/α,β-unsaturated/α-hetero) is 1. The standard InChI is InChI=1S/C16H12F2O3/c1-10(21-13-4-2-3-11(7-13)9-19)16(20)12-5-6-14(17)15(18)8-12/h2-10H,1H3. The van der Waals surface area contributed by atoms with Crippen LogP contribution < -0.4 is 4.74 Å². The molecule has 3 nitrogen and oxygen atoms in total. The molecule has 2 aromatic rings. The minimum Gasteiger partial charge on any atom is -0.483 e. The minimum absolute atomic E-state index is 0.0212. The zero-order valence-corrected chi connectivity index (χ0v) is 11.2. The van der Waals surface area contributed by atoms with E-state index in [4.69, 9.17) is 4.74 Å². The van der Waals surface area contributed by atoms with E-state index in [9.17, 15) is 18.4 Å². The van der Waals surface area contributed by atoms with Crippen LogP contribution in [-0.4, -0.2) is 18.2 Å².